The van der Waals surface area contributed by atoms with E-state index in [1.54, 1.807) is 0 Å². The van der Waals surface area contributed by atoms with Crippen LogP contribution < -0.4 is 43.8 Å². The second-order valence-corrected chi connectivity index (χ2v) is 15.2. The number of rotatable bonds is 23. The van der Waals surface area contributed by atoms with Crippen molar-refractivity contribution in [2.75, 3.05) is 19.6 Å². The Labute approximate surface area is 340 Å². The van der Waals surface area contributed by atoms with Gasteiger partial charge in [0.05, 0.1) is 31.2 Å². The molecule has 0 aromatic carbocycles. The van der Waals surface area contributed by atoms with Crippen LogP contribution in [0.4, 0.5) is 0 Å². The van der Waals surface area contributed by atoms with Gasteiger partial charge in [0.2, 0.25) is 41.4 Å². The fourth-order valence-electron chi connectivity index (χ4n) is 5.61. The lowest BCUT2D eigenvalue weighted by molar-refractivity contribution is -0.144. The highest BCUT2D eigenvalue weighted by molar-refractivity contribution is 6.05. The first kappa shape index (κ1) is 50.5. The molecular formula is C38H66N12O8. The summed E-state index contributed by atoms with van der Waals surface area (Å²) in [6, 6.07) is -4.12. The number of aliphatic imine (C=N–C) groups is 1. The van der Waals surface area contributed by atoms with Crippen molar-refractivity contribution in [3.05, 3.63) is 18.2 Å². The number of nitrogens with zero attached hydrogens (tertiary/aromatic N) is 3. The van der Waals surface area contributed by atoms with Crippen molar-refractivity contribution < 1.29 is 38.4 Å². The zero-order valence-electron chi connectivity index (χ0n) is 35.1. The Bertz CT molecular complexity index is 1560. The molecule has 1 aliphatic rings. The number of nitrogens with one attached hydrogen (secondary N) is 6. The van der Waals surface area contributed by atoms with Crippen LogP contribution in [0.5, 0.6) is 0 Å². The molecule has 4 atom stereocenters. The van der Waals surface area contributed by atoms with Gasteiger partial charge in [-0.15, -0.1) is 0 Å². The molecule has 2 heterocycles. The van der Waals surface area contributed by atoms with E-state index in [-0.39, 0.29) is 63.0 Å². The van der Waals surface area contributed by atoms with Crippen molar-refractivity contribution in [3.63, 3.8) is 0 Å². The lowest BCUT2D eigenvalue weighted by atomic mass is 9.90. The Morgan fingerprint density at radius 3 is 2.12 bits per heavy atom. The maximum absolute atomic E-state index is 13.6. The molecule has 7 amide bonds. The number of imidazole rings is 1. The number of aromatic nitrogens is 2. The Morgan fingerprint density at radius 1 is 0.914 bits per heavy atom. The minimum atomic E-state index is -1.64. The first-order valence-electron chi connectivity index (χ1n) is 19.8. The quantitative estimate of drug-likeness (QED) is 0.0290. The SMILES string of the molecule is CC(=O)C(CC(C)C)NC(=O)C(CCCN=C(N)N)NC(=O)[C@@H]1CCCN1C(=O)CNC(=O)C(CCC(N)=O)NC(=O)C(C)(C)C(=O)NCc1cnc[nH]1.CCCC. The highest BCUT2D eigenvalue weighted by Crippen LogP contribution is 2.19. The van der Waals surface area contributed by atoms with Crippen molar-refractivity contribution in [3.8, 4) is 0 Å². The van der Waals surface area contributed by atoms with E-state index in [1.807, 2.05) is 13.8 Å². The number of Topliss-reactive ketones (excluding diaryl/α,β-unsaturated/α-hetero) is 1. The molecule has 0 aliphatic carbocycles. The number of aromatic amines is 1. The number of carbonyl (C=O) groups is 8. The number of ketones is 1. The highest BCUT2D eigenvalue weighted by atomic mass is 16.2. The summed E-state index contributed by atoms with van der Waals surface area (Å²) in [5.41, 5.74) is 15.1. The molecule has 20 nitrogen and oxygen atoms in total. The summed E-state index contributed by atoms with van der Waals surface area (Å²) in [7, 11) is 0. The largest absolute Gasteiger partial charge is 0.370 e. The summed E-state index contributed by atoms with van der Waals surface area (Å²) in [6.45, 7) is 12.2. The Kier molecular flexibility index (Phi) is 22.3. The van der Waals surface area contributed by atoms with Crippen LogP contribution in [-0.4, -0.2) is 112 Å². The van der Waals surface area contributed by atoms with Crippen molar-refractivity contribution in [1.82, 2.24) is 41.5 Å². The molecular weight excluding hydrogens is 752 g/mol. The molecule has 2 rings (SSSR count). The van der Waals surface area contributed by atoms with Crippen LogP contribution in [-0.2, 0) is 44.9 Å². The number of likely N-dealkylation sites (tertiary alicyclic amines) is 1. The number of unbranched alkanes of at least 4 members (excludes halogenated alkanes) is 1. The topological polar surface area (TPSA) is 319 Å². The number of nitrogens with two attached hydrogens (primary N) is 3. The normalized spacial score (nSPS) is 15.1. The lowest BCUT2D eigenvalue weighted by Gasteiger charge is -2.28. The predicted octanol–water partition coefficient (Wildman–Crippen LogP) is -0.626. The van der Waals surface area contributed by atoms with Gasteiger partial charge < -0.3 is 53.7 Å². The average molecular weight is 819 g/mol. The van der Waals surface area contributed by atoms with E-state index in [0.717, 1.165) is 0 Å². The molecule has 1 fully saturated rings. The van der Waals surface area contributed by atoms with Crippen LogP contribution in [0.2, 0.25) is 0 Å². The molecule has 12 N–H and O–H groups in total. The summed E-state index contributed by atoms with van der Waals surface area (Å²) < 4.78 is 0. The Hall–Kier alpha value is -5.56. The molecule has 0 saturated carbocycles. The first-order chi connectivity index (χ1) is 27.2. The minimum Gasteiger partial charge on any atom is -0.370 e. The second-order valence-electron chi connectivity index (χ2n) is 15.2. The van der Waals surface area contributed by atoms with Crippen molar-refractivity contribution in [2.45, 2.75) is 137 Å². The Balaban J connectivity index is 0.00000400. The van der Waals surface area contributed by atoms with Crippen LogP contribution in [0.1, 0.15) is 112 Å². The highest BCUT2D eigenvalue weighted by Gasteiger charge is 2.39. The molecule has 326 valence electrons. The Morgan fingerprint density at radius 2 is 1.57 bits per heavy atom. The van der Waals surface area contributed by atoms with Gasteiger partial charge in [0.25, 0.3) is 0 Å². The monoisotopic (exact) mass is 819 g/mol. The third-order valence-electron chi connectivity index (χ3n) is 9.31. The third kappa shape index (κ3) is 18.1. The molecule has 0 bridgehead atoms. The fraction of sp³-hybridized carbons (Fsp3) is 0.684. The van der Waals surface area contributed by atoms with E-state index in [9.17, 15) is 38.4 Å². The van der Waals surface area contributed by atoms with Gasteiger partial charge in [-0.05, 0) is 65.2 Å². The van der Waals surface area contributed by atoms with E-state index in [4.69, 9.17) is 17.2 Å². The van der Waals surface area contributed by atoms with Crippen LogP contribution in [0.25, 0.3) is 0 Å². The van der Waals surface area contributed by atoms with E-state index < -0.39 is 77.5 Å². The van der Waals surface area contributed by atoms with Crippen LogP contribution >= 0.6 is 0 Å². The number of carbonyl (C=O) groups excluding carboxylic acids is 8. The zero-order chi connectivity index (χ0) is 44.0. The summed E-state index contributed by atoms with van der Waals surface area (Å²) in [5, 5.41) is 13.0. The molecule has 20 heteroatoms. The van der Waals surface area contributed by atoms with Gasteiger partial charge in [-0.25, -0.2) is 4.98 Å². The minimum absolute atomic E-state index is 0.0741. The van der Waals surface area contributed by atoms with Crippen LogP contribution in [0, 0.1) is 11.3 Å². The molecule has 0 radical (unpaired) electrons. The third-order valence-corrected chi connectivity index (χ3v) is 9.31. The molecule has 58 heavy (non-hydrogen) atoms. The summed E-state index contributed by atoms with van der Waals surface area (Å²) in [6.07, 6.45) is 6.70. The van der Waals surface area contributed by atoms with Gasteiger partial charge >= 0.3 is 0 Å². The van der Waals surface area contributed by atoms with E-state index in [0.29, 0.717) is 25.0 Å². The first-order valence-corrected chi connectivity index (χ1v) is 19.8. The van der Waals surface area contributed by atoms with E-state index in [2.05, 4.69) is 55.4 Å². The van der Waals surface area contributed by atoms with Crippen molar-refractivity contribution in [1.29, 1.82) is 0 Å². The van der Waals surface area contributed by atoms with E-state index in [1.165, 1.54) is 51.0 Å². The average Bonchev–Trinajstić information content (AvgIpc) is 3.88. The van der Waals surface area contributed by atoms with Gasteiger partial charge in [0, 0.05) is 25.7 Å². The van der Waals surface area contributed by atoms with Crippen molar-refractivity contribution in [2.24, 2.45) is 33.5 Å². The standard InChI is InChI=1S/C34H56N12O8.C4H10/c1-19(2)14-24(20(3)47)44-29(51)22(8-6-12-39-33(36)37)43-30(52)25-9-7-13-46(25)27(49)17-40-28(50)23(10-11-26(35)48)45-32(54)34(4,5)31(53)41-16-21-15-38-18-42-21;1-3-4-2/h15,18-19,22-25H,6-14,16-17H2,1-5H3,(H2,35,48)(H,38,42)(H,40,50)(H,41,53)(H,43,52)(H,44,51)(H,45,54)(H4,36,37,39);3-4H2,1-2H3/t22?,23?,24?,25-;/m0./s1. The molecule has 1 aliphatic heterocycles. The molecule has 1 aromatic rings. The van der Waals surface area contributed by atoms with Gasteiger partial charge in [-0.1, -0.05) is 40.5 Å². The maximum Gasteiger partial charge on any atom is 0.243 e. The van der Waals surface area contributed by atoms with Gasteiger partial charge in [0.1, 0.15) is 23.5 Å². The number of hydrogen-bond acceptors (Lipinski definition) is 10. The van der Waals surface area contributed by atoms with Gasteiger partial charge in [0.15, 0.2) is 11.7 Å². The molecule has 1 saturated heterocycles. The number of H-pyrrole nitrogens is 1. The number of amides is 7. The van der Waals surface area contributed by atoms with Gasteiger partial charge in [-0.3, -0.25) is 43.3 Å². The summed E-state index contributed by atoms with van der Waals surface area (Å²) in [5.74, 6) is -5.03. The van der Waals surface area contributed by atoms with E-state index >= 15 is 0 Å². The fourth-order valence-corrected chi connectivity index (χ4v) is 5.61. The number of primary amides is 1. The molecule has 3 unspecified atom stereocenters. The second kappa shape index (κ2) is 25.6. The molecule has 0 spiro atoms. The lowest BCUT2D eigenvalue weighted by Crippen LogP contribution is -2.57. The van der Waals surface area contributed by atoms with Crippen LogP contribution in [0.15, 0.2) is 17.5 Å². The molecule has 1 aromatic heterocycles. The predicted molar refractivity (Wildman–Crippen MR) is 217 cm³/mol. The smallest absolute Gasteiger partial charge is 0.243 e. The maximum atomic E-state index is 13.6. The van der Waals surface area contributed by atoms with Gasteiger partial charge in [-0.2, -0.15) is 0 Å². The van der Waals surface area contributed by atoms with Crippen LogP contribution in [0.3, 0.4) is 0 Å². The van der Waals surface area contributed by atoms with Crippen molar-refractivity contribution >= 4 is 53.1 Å². The number of guanidine groups is 1. The number of hydrogen-bond donors (Lipinski definition) is 9. The summed E-state index contributed by atoms with van der Waals surface area (Å²) in [4.78, 5) is 115. The summed E-state index contributed by atoms with van der Waals surface area (Å²) >= 11 is 0. The zero-order valence-corrected chi connectivity index (χ0v) is 35.1.